The number of piperidine rings is 1. The molecule has 0 spiro atoms. The Morgan fingerprint density at radius 1 is 0.839 bits per heavy atom. The zero-order valence-electron chi connectivity index (χ0n) is 18.1. The van der Waals surface area contributed by atoms with E-state index in [2.05, 4.69) is 52.3 Å². The van der Waals surface area contributed by atoms with Gasteiger partial charge in [0.25, 0.3) is 0 Å². The number of likely N-dealkylation sites (tertiary alicyclic amines) is 1. The van der Waals surface area contributed by atoms with Crippen molar-refractivity contribution in [2.45, 2.75) is 25.2 Å². The Balaban J connectivity index is 0.00000272. The molecule has 2 heterocycles. The number of pyridine rings is 1. The summed E-state index contributed by atoms with van der Waals surface area (Å²) < 4.78 is 11.3. The van der Waals surface area contributed by atoms with Crippen molar-refractivity contribution in [1.29, 1.82) is 0 Å². The van der Waals surface area contributed by atoms with Crippen molar-refractivity contribution in [3.8, 4) is 11.5 Å². The Morgan fingerprint density at radius 2 is 1.48 bits per heavy atom. The molecule has 0 aliphatic carbocycles. The maximum Gasteiger partial charge on any atom is 0.119 e. The molecule has 1 aromatic heterocycles. The second-order valence-electron chi connectivity index (χ2n) is 7.81. The lowest BCUT2D eigenvalue weighted by molar-refractivity contribution is 0.183. The second-order valence-corrected chi connectivity index (χ2v) is 7.81. The molecule has 0 N–H and O–H groups in total. The number of aromatic nitrogens is 1. The van der Waals surface area contributed by atoms with Gasteiger partial charge in [-0.25, -0.2) is 0 Å². The van der Waals surface area contributed by atoms with Crippen molar-refractivity contribution in [2.75, 3.05) is 33.4 Å². The summed E-state index contributed by atoms with van der Waals surface area (Å²) in [5, 5.41) is 0. The quantitative estimate of drug-likeness (QED) is 0.461. The molecule has 0 radical (unpaired) electrons. The first kappa shape index (κ1) is 23.1. The summed E-state index contributed by atoms with van der Waals surface area (Å²) in [5.74, 6) is 1.91. The fraction of sp³-hybridized carbons (Fsp3) is 0.346. The Bertz CT molecular complexity index is 895. The second kappa shape index (κ2) is 11.7. The summed E-state index contributed by atoms with van der Waals surface area (Å²) >= 11 is 0. The fourth-order valence-corrected chi connectivity index (χ4v) is 4.15. The van der Waals surface area contributed by atoms with Crippen LogP contribution in [0.4, 0.5) is 0 Å². The highest BCUT2D eigenvalue weighted by Gasteiger charge is 2.17. The van der Waals surface area contributed by atoms with E-state index >= 15 is 0 Å². The third-order valence-corrected chi connectivity index (χ3v) is 5.81. The van der Waals surface area contributed by atoms with Gasteiger partial charge in [0.1, 0.15) is 18.1 Å². The van der Waals surface area contributed by atoms with E-state index in [1.807, 2.05) is 30.6 Å². The molecule has 1 aliphatic heterocycles. The topological polar surface area (TPSA) is 34.6 Å². The normalized spacial score (nSPS) is 15.0. The van der Waals surface area contributed by atoms with Gasteiger partial charge in [0.2, 0.25) is 0 Å². The van der Waals surface area contributed by atoms with E-state index in [1.165, 1.54) is 49.0 Å². The van der Waals surface area contributed by atoms with Crippen LogP contribution in [0.2, 0.25) is 0 Å². The van der Waals surface area contributed by atoms with Gasteiger partial charge in [0, 0.05) is 24.9 Å². The largest absolute Gasteiger partial charge is 0.497 e. The van der Waals surface area contributed by atoms with Gasteiger partial charge in [0.05, 0.1) is 7.11 Å². The van der Waals surface area contributed by atoms with Crippen LogP contribution >= 0.6 is 12.4 Å². The Kier molecular flexibility index (Phi) is 8.74. The van der Waals surface area contributed by atoms with Crippen LogP contribution < -0.4 is 9.47 Å². The summed E-state index contributed by atoms with van der Waals surface area (Å²) in [7, 11) is 1.69. The molecule has 1 aliphatic rings. The van der Waals surface area contributed by atoms with Gasteiger partial charge in [-0.05, 0) is 73.0 Å². The molecule has 1 atom stereocenters. The van der Waals surface area contributed by atoms with Gasteiger partial charge in [-0.3, -0.25) is 9.88 Å². The number of methoxy groups -OCH3 is 1. The molecule has 1 fully saturated rings. The van der Waals surface area contributed by atoms with Gasteiger partial charge in [-0.15, -0.1) is 12.4 Å². The zero-order chi connectivity index (χ0) is 20.6. The van der Waals surface area contributed by atoms with Crippen molar-refractivity contribution in [1.82, 2.24) is 9.88 Å². The minimum atomic E-state index is 0. The third-order valence-electron chi connectivity index (χ3n) is 5.81. The van der Waals surface area contributed by atoms with Crippen LogP contribution in [0, 0.1) is 0 Å². The van der Waals surface area contributed by atoms with E-state index in [0.717, 1.165) is 24.7 Å². The van der Waals surface area contributed by atoms with E-state index < -0.39 is 0 Å². The molecular weight excluding hydrogens is 408 g/mol. The molecule has 2 aromatic carbocycles. The first-order chi connectivity index (χ1) is 14.8. The van der Waals surface area contributed by atoms with Crippen LogP contribution in [0.25, 0.3) is 0 Å². The minimum Gasteiger partial charge on any atom is -0.497 e. The maximum atomic E-state index is 6.01. The molecule has 3 aromatic rings. The van der Waals surface area contributed by atoms with Crippen molar-refractivity contribution in [3.05, 3.63) is 89.7 Å². The Morgan fingerprint density at radius 3 is 2.06 bits per heavy atom. The predicted octanol–water partition coefficient (Wildman–Crippen LogP) is 5.56. The highest BCUT2D eigenvalue weighted by molar-refractivity contribution is 5.85. The van der Waals surface area contributed by atoms with Crippen LogP contribution in [0.1, 0.15) is 41.9 Å². The van der Waals surface area contributed by atoms with Gasteiger partial charge in [0.15, 0.2) is 0 Å². The first-order valence-electron chi connectivity index (χ1n) is 10.8. The lowest BCUT2D eigenvalue weighted by Gasteiger charge is -2.26. The van der Waals surface area contributed by atoms with Crippen LogP contribution in [0.5, 0.6) is 11.5 Å². The standard InChI is InChI=1S/C26H30N2O2.ClH/c1-29-24-11-7-21(8-12-24)26(23-6-5-15-27-20-23)22-9-13-25(14-10-22)30-19-18-28-16-3-2-4-17-28;/h5-15,20,26H,2-4,16-19H2,1H3;1H. The van der Waals surface area contributed by atoms with E-state index in [9.17, 15) is 0 Å². The third kappa shape index (κ3) is 6.22. The molecule has 0 amide bonds. The molecule has 164 valence electrons. The number of hydrogen-bond donors (Lipinski definition) is 0. The van der Waals surface area contributed by atoms with E-state index in [4.69, 9.17) is 9.47 Å². The van der Waals surface area contributed by atoms with Gasteiger partial charge < -0.3 is 9.47 Å². The SMILES string of the molecule is COc1ccc(C(c2ccc(OCCN3CCCCC3)cc2)c2cccnc2)cc1.Cl. The van der Waals surface area contributed by atoms with Gasteiger partial charge in [-0.2, -0.15) is 0 Å². The highest BCUT2D eigenvalue weighted by Crippen LogP contribution is 2.33. The monoisotopic (exact) mass is 438 g/mol. The number of ether oxygens (including phenoxy) is 2. The molecular formula is C26H31ClN2O2. The maximum absolute atomic E-state index is 6.01. The fourth-order valence-electron chi connectivity index (χ4n) is 4.15. The zero-order valence-corrected chi connectivity index (χ0v) is 18.9. The smallest absolute Gasteiger partial charge is 0.119 e. The van der Waals surface area contributed by atoms with E-state index in [-0.39, 0.29) is 18.3 Å². The average molecular weight is 439 g/mol. The summed E-state index contributed by atoms with van der Waals surface area (Å²) in [6, 6.07) is 20.9. The van der Waals surface area contributed by atoms with E-state index in [0.29, 0.717) is 0 Å². The molecule has 1 saturated heterocycles. The Hall–Kier alpha value is -2.56. The van der Waals surface area contributed by atoms with Crippen LogP contribution in [-0.4, -0.2) is 43.2 Å². The number of rotatable bonds is 8. The number of nitrogens with zero attached hydrogens (tertiary/aromatic N) is 2. The Labute approximate surface area is 191 Å². The van der Waals surface area contributed by atoms with Crippen molar-refractivity contribution in [2.24, 2.45) is 0 Å². The number of benzene rings is 2. The lowest BCUT2D eigenvalue weighted by atomic mass is 9.86. The summed E-state index contributed by atoms with van der Waals surface area (Å²) in [6.45, 7) is 4.16. The number of halogens is 1. The van der Waals surface area contributed by atoms with Gasteiger partial charge in [-0.1, -0.05) is 36.8 Å². The predicted molar refractivity (Wildman–Crippen MR) is 128 cm³/mol. The van der Waals surface area contributed by atoms with E-state index in [1.54, 1.807) is 7.11 Å². The van der Waals surface area contributed by atoms with Crippen molar-refractivity contribution >= 4 is 12.4 Å². The number of hydrogen-bond acceptors (Lipinski definition) is 4. The van der Waals surface area contributed by atoms with Gasteiger partial charge >= 0.3 is 0 Å². The molecule has 5 heteroatoms. The van der Waals surface area contributed by atoms with Crippen LogP contribution in [0.15, 0.2) is 73.1 Å². The molecule has 1 unspecified atom stereocenters. The molecule has 0 bridgehead atoms. The minimum absolute atomic E-state index is 0. The average Bonchev–Trinajstić information content (AvgIpc) is 2.82. The van der Waals surface area contributed by atoms with Crippen molar-refractivity contribution < 1.29 is 9.47 Å². The molecule has 31 heavy (non-hydrogen) atoms. The molecule has 4 rings (SSSR count). The molecule has 0 saturated carbocycles. The summed E-state index contributed by atoms with van der Waals surface area (Å²) in [4.78, 5) is 6.84. The summed E-state index contributed by atoms with van der Waals surface area (Å²) in [5.41, 5.74) is 3.60. The van der Waals surface area contributed by atoms with Crippen LogP contribution in [0.3, 0.4) is 0 Å². The van der Waals surface area contributed by atoms with Crippen molar-refractivity contribution in [3.63, 3.8) is 0 Å². The van der Waals surface area contributed by atoms with Crippen LogP contribution in [-0.2, 0) is 0 Å². The molecule has 4 nitrogen and oxygen atoms in total. The highest BCUT2D eigenvalue weighted by atomic mass is 35.5. The lowest BCUT2D eigenvalue weighted by Crippen LogP contribution is -2.33. The summed E-state index contributed by atoms with van der Waals surface area (Å²) in [6.07, 6.45) is 7.75. The first-order valence-corrected chi connectivity index (χ1v) is 10.8.